The molecular weight excluding hydrogens is 282 g/mol. The minimum atomic E-state index is 0.180. The molecule has 0 radical (unpaired) electrons. The first-order valence-corrected chi connectivity index (χ1v) is 6.82. The van der Waals surface area contributed by atoms with Crippen LogP contribution in [0.5, 0.6) is 5.75 Å². The van der Waals surface area contributed by atoms with Crippen molar-refractivity contribution in [2.45, 2.75) is 31.8 Å². The SMILES string of the molecule is CCC(NC1CCOC1)c1cc(Br)ccc1O. The molecule has 1 aromatic carbocycles. The van der Waals surface area contributed by atoms with Crippen molar-refractivity contribution in [3.8, 4) is 5.75 Å². The Bertz CT molecular complexity index is 378. The fourth-order valence-electron chi connectivity index (χ4n) is 2.18. The zero-order valence-electron chi connectivity index (χ0n) is 9.95. The first kappa shape index (κ1) is 12.9. The molecule has 0 aliphatic carbocycles. The molecule has 2 N–H and O–H groups in total. The van der Waals surface area contributed by atoms with Crippen LogP contribution in [0.1, 0.15) is 31.4 Å². The van der Waals surface area contributed by atoms with Crippen molar-refractivity contribution in [1.29, 1.82) is 0 Å². The van der Waals surface area contributed by atoms with Crippen molar-refractivity contribution in [2.24, 2.45) is 0 Å². The molecule has 1 aliphatic rings. The lowest BCUT2D eigenvalue weighted by molar-refractivity contribution is 0.187. The number of halogens is 1. The summed E-state index contributed by atoms with van der Waals surface area (Å²) in [6.45, 7) is 3.72. The van der Waals surface area contributed by atoms with E-state index in [0.29, 0.717) is 11.8 Å². The minimum Gasteiger partial charge on any atom is -0.508 e. The summed E-state index contributed by atoms with van der Waals surface area (Å²) in [5, 5.41) is 13.5. The molecule has 1 saturated heterocycles. The number of phenolic OH excluding ortho intramolecular Hbond substituents is 1. The molecule has 2 rings (SSSR count). The van der Waals surface area contributed by atoms with Crippen molar-refractivity contribution in [2.75, 3.05) is 13.2 Å². The largest absolute Gasteiger partial charge is 0.508 e. The lowest BCUT2D eigenvalue weighted by Crippen LogP contribution is -2.32. The average Bonchev–Trinajstić information content (AvgIpc) is 2.82. The van der Waals surface area contributed by atoms with E-state index in [0.717, 1.165) is 36.1 Å². The lowest BCUT2D eigenvalue weighted by Gasteiger charge is -2.22. The zero-order chi connectivity index (χ0) is 12.3. The van der Waals surface area contributed by atoms with Gasteiger partial charge in [0, 0.05) is 28.7 Å². The maximum atomic E-state index is 9.92. The van der Waals surface area contributed by atoms with E-state index in [1.807, 2.05) is 12.1 Å². The lowest BCUT2D eigenvalue weighted by atomic mass is 10.0. The summed E-state index contributed by atoms with van der Waals surface area (Å²) >= 11 is 3.44. The molecule has 0 amide bonds. The Hall–Kier alpha value is -0.580. The second-order valence-electron chi connectivity index (χ2n) is 4.39. The molecule has 94 valence electrons. The number of ether oxygens (including phenoxy) is 1. The van der Waals surface area contributed by atoms with Gasteiger partial charge >= 0.3 is 0 Å². The van der Waals surface area contributed by atoms with Crippen LogP contribution < -0.4 is 5.32 Å². The number of nitrogens with one attached hydrogen (secondary N) is 1. The highest BCUT2D eigenvalue weighted by atomic mass is 79.9. The normalized spacial score (nSPS) is 21.6. The zero-order valence-corrected chi connectivity index (χ0v) is 11.5. The second kappa shape index (κ2) is 5.85. The smallest absolute Gasteiger partial charge is 0.120 e. The van der Waals surface area contributed by atoms with E-state index in [-0.39, 0.29) is 6.04 Å². The Morgan fingerprint density at radius 1 is 1.59 bits per heavy atom. The molecule has 0 aromatic heterocycles. The maximum absolute atomic E-state index is 9.92. The van der Waals surface area contributed by atoms with Gasteiger partial charge in [0.25, 0.3) is 0 Å². The topological polar surface area (TPSA) is 41.5 Å². The summed E-state index contributed by atoms with van der Waals surface area (Å²) in [7, 11) is 0. The van der Waals surface area contributed by atoms with Crippen molar-refractivity contribution < 1.29 is 9.84 Å². The maximum Gasteiger partial charge on any atom is 0.120 e. The quantitative estimate of drug-likeness (QED) is 0.898. The van der Waals surface area contributed by atoms with Gasteiger partial charge in [0.05, 0.1) is 6.61 Å². The molecule has 4 heteroatoms. The van der Waals surface area contributed by atoms with Crippen LogP contribution >= 0.6 is 15.9 Å². The number of benzene rings is 1. The highest BCUT2D eigenvalue weighted by molar-refractivity contribution is 9.10. The number of aromatic hydroxyl groups is 1. The molecule has 2 unspecified atom stereocenters. The van der Waals surface area contributed by atoms with Gasteiger partial charge in [-0.25, -0.2) is 0 Å². The summed E-state index contributed by atoms with van der Waals surface area (Å²) in [6, 6.07) is 6.14. The van der Waals surface area contributed by atoms with E-state index in [1.165, 1.54) is 0 Å². The highest BCUT2D eigenvalue weighted by Crippen LogP contribution is 2.30. The van der Waals surface area contributed by atoms with Gasteiger partial charge in [-0.05, 0) is 31.0 Å². The predicted octanol–water partition coefficient (Wildman–Crippen LogP) is 2.98. The molecule has 1 aromatic rings. The van der Waals surface area contributed by atoms with Crippen LogP contribution in [0.25, 0.3) is 0 Å². The summed E-state index contributed by atoms with van der Waals surface area (Å²) in [4.78, 5) is 0. The summed E-state index contributed by atoms with van der Waals surface area (Å²) in [5.74, 6) is 0.353. The first-order valence-electron chi connectivity index (χ1n) is 6.03. The number of phenols is 1. The van der Waals surface area contributed by atoms with E-state index < -0.39 is 0 Å². The third kappa shape index (κ3) is 3.21. The fourth-order valence-corrected chi connectivity index (χ4v) is 2.56. The Morgan fingerprint density at radius 3 is 3.06 bits per heavy atom. The highest BCUT2D eigenvalue weighted by Gasteiger charge is 2.21. The molecule has 1 fully saturated rings. The third-order valence-corrected chi connectivity index (χ3v) is 3.63. The Balaban J connectivity index is 2.13. The van der Waals surface area contributed by atoms with E-state index in [1.54, 1.807) is 6.07 Å². The van der Waals surface area contributed by atoms with E-state index in [9.17, 15) is 5.11 Å². The number of rotatable bonds is 4. The third-order valence-electron chi connectivity index (χ3n) is 3.14. The summed E-state index contributed by atoms with van der Waals surface area (Å²) in [5.41, 5.74) is 0.953. The minimum absolute atomic E-state index is 0.180. The van der Waals surface area contributed by atoms with Crippen LogP contribution in [0.4, 0.5) is 0 Å². The fraction of sp³-hybridized carbons (Fsp3) is 0.538. The molecular formula is C13H18BrNO2. The van der Waals surface area contributed by atoms with E-state index in [2.05, 4.69) is 28.2 Å². The summed E-state index contributed by atoms with van der Waals surface area (Å²) in [6.07, 6.45) is 1.99. The van der Waals surface area contributed by atoms with Gasteiger partial charge in [-0.2, -0.15) is 0 Å². The van der Waals surface area contributed by atoms with Gasteiger partial charge in [0.2, 0.25) is 0 Å². The van der Waals surface area contributed by atoms with Gasteiger partial charge in [-0.3, -0.25) is 0 Å². The van der Waals surface area contributed by atoms with Gasteiger partial charge < -0.3 is 15.2 Å². The Morgan fingerprint density at radius 2 is 2.41 bits per heavy atom. The van der Waals surface area contributed by atoms with E-state index in [4.69, 9.17) is 4.74 Å². The number of hydrogen-bond donors (Lipinski definition) is 2. The predicted molar refractivity (Wildman–Crippen MR) is 71.2 cm³/mol. The van der Waals surface area contributed by atoms with E-state index >= 15 is 0 Å². The molecule has 1 aliphatic heterocycles. The van der Waals surface area contributed by atoms with Crippen LogP contribution in [-0.2, 0) is 4.74 Å². The van der Waals surface area contributed by atoms with Crippen LogP contribution in [-0.4, -0.2) is 24.4 Å². The molecule has 3 nitrogen and oxygen atoms in total. The van der Waals surface area contributed by atoms with Crippen LogP contribution in [0.15, 0.2) is 22.7 Å². The van der Waals surface area contributed by atoms with Gasteiger partial charge in [-0.15, -0.1) is 0 Å². The van der Waals surface area contributed by atoms with Gasteiger partial charge in [0.15, 0.2) is 0 Å². The molecule has 17 heavy (non-hydrogen) atoms. The van der Waals surface area contributed by atoms with Crippen molar-refractivity contribution in [3.05, 3.63) is 28.2 Å². The molecule has 0 saturated carbocycles. The average molecular weight is 300 g/mol. The first-order chi connectivity index (χ1) is 8.20. The van der Waals surface area contributed by atoms with Crippen LogP contribution in [0.2, 0.25) is 0 Å². The van der Waals surface area contributed by atoms with Crippen molar-refractivity contribution in [3.63, 3.8) is 0 Å². The summed E-state index contributed by atoms with van der Waals surface area (Å²) < 4.78 is 6.35. The molecule has 1 heterocycles. The molecule has 2 atom stereocenters. The Kier molecular flexibility index (Phi) is 4.42. The van der Waals surface area contributed by atoms with Crippen molar-refractivity contribution in [1.82, 2.24) is 5.32 Å². The van der Waals surface area contributed by atoms with Gasteiger partial charge in [0.1, 0.15) is 5.75 Å². The Labute approximate surface area is 110 Å². The molecule has 0 bridgehead atoms. The number of hydrogen-bond acceptors (Lipinski definition) is 3. The second-order valence-corrected chi connectivity index (χ2v) is 5.31. The van der Waals surface area contributed by atoms with Crippen LogP contribution in [0.3, 0.4) is 0 Å². The monoisotopic (exact) mass is 299 g/mol. The standard InChI is InChI=1S/C13H18BrNO2/c1-2-12(15-10-5-6-17-8-10)11-7-9(14)3-4-13(11)16/h3-4,7,10,12,15-16H,2,5-6,8H2,1H3. The van der Waals surface area contributed by atoms with Crippen LogP contribution in [0, 0.1) is 0 Å². The van der Waals surface area contributed by atoms with Crippen molar-refractivity contribution >= 4 is 15.9 Å². The van der Waals surface area contributed by atoms with Gasteiger partial charge in [-0.1, -0.05) is 22.9 Å². The molecule has 0 spiro atoms.